The number of hydrogen-bond donors (Lipinski definition) is 1. The molecule has 3 nitrogen and oxygen atoms in total. The molecule has 0 unspecified atom stereocenters. The Balaban J connectivity index is 2.61. The predicted octanol–water partition coefficient (Wildman–Crippen LogP) is 1.60. The van der Waals surface area contributed by atoms with Crippen LogP contribution in [0.25, 0.3) is 5.52 Å². The smallest absolute Gasteiger partial charge is 0.114 e. The highest BCUT2D eigenvalue weighted by atomic mass is 79.9. The van der Waals surface area contributed by atoms with Crippen molar-refractivity contribution < 1.29 is 0 Å². The highest BCUT2D eigenvalue weighted by Gasteiger charge is 2.03. The van der Waals surface area contributed by atoms with Crippen LogP contribution in [0, 0.1) is 0 Å². The molecule has 4 heteroatoms. The van der Waals surface area contributed by atoms with Crippen molar-refractivity contribution in [3.63, 3.8) is 0 Å². The summed E-state index contributed by atoms with van der Waals surface area (Å²) < 4.78 is 3.11. The van der Waals surface area contributed by atoms with E-state index in [1.54, 1.807) is 0 Å². The van der Waals surface area contributed by atoms with Crippen LogP contribution in [-0.2, 0) is 6.42 Å². The molecule has 0 radical (unpaired) electrons. The first-order valence-electron chi connectivity index (χ1n) is 4.13. The molecule has 2 heterocycles. The second-order valence-electron chi connectivity index (χ2n) is 2.82. The van der Waals surface area contributed by atoms with Gasteiger partial charge in [-0.2, -0.15) is 0 Å². The first-order chi connectivity index (χ1) is 6.33. The van der Waals surface area contributed by atoms with E-state index >= 15 is 0 Å². The molecular weight excluding hydrogens is 230 g/mol. The molecule has 0 saturated carbocycles. The Labute approximate surface area is 84.7 Å². The molecule has 0 spiro atoms. The summed E-state index contributed by atoms with van der Waals surface area (Å²) in [6, 6.07) is 3.99. The van der Waals surface area contributed by atoms with E-state index in [9.17, 15) is 0 Å². The Morgan fingerprint density at radius 2 is 2.38 bits per heavy atom. The number of aromatic nitrogens is 2. The van der Waals surface area contributed by atoms with Gasteiger partial charge in [0.15, 0.2) is 0 Å². The molecule has 0 amide bonds. The molecule has 0 fully saturated rings. The number of halogens is 1. The maximum Gasteiger partial charge on any atom is 0.114 e. The minimum absolute atomic E-state index is 0.631. The summed E-state index contributed by atoms with van der Waals surface area (Å²) in [5.41, 5.74) is 6.57. The van der Waals surface area contributed by atoms with Crippen LogP contribution in [0.1, 0.15) is 5.82 Å². The van der Waals surface area contributed by atoms with E-state index in [1.807, 2.05) is 24.5 Å². The maximum atomic E-state index is 5.48. The lowest BCUT2D eigenvalue weighted by atomic mass is 10.4. The van der Waals surface area contributed by atoms with E-state index in [-0.39, 0.29) is 0 Å². The number of pyridine rings is 1. The molecule has 0 saturated heterocycles. The molecule has 68 valence electrons. The third kappa shape index (κ3) is 1.47. The first kappa shape index (κ1) is 8.72. The number of nitrogens with zero attached hydrogens (tertiary/aromatic N) is 2. The number of imidazole rings is 1. The van der Waals surface area contributed by atoms with Crippen LogP contribution < -0.4 is 5.73 Å². The quantitative estimate of drug-likeness (QED) is 0.866. The summed E-state index contributed by atoms with van der Waals surface area (Å²) in [6.07, 6.45) is 4.66. The van der Waals surface area contributed by atoms with Crippen molar-refractivity contribution in [3.05, 3.63) is 34.8 Å². The molecular formula is C9H10BrN3. The van der Waals surface area contributed by atoms with Gasteiger partial charge in [-0.1, -0.05) is 0 Å². The van der Waals surface area contributed by atoms with Crippen LogP contribution in [0.3, 0.4) is 0 Å². The number of fused-ring (bicyclic) bond motifs is 1. The molecule has 0 aliphatic heterocycles. The molecule has 2 aromatic heterocycles. The van der Waals surface area contributed by atoms with Gasteiger partial charge < -0.3 is 10.1 Å². The largest absolute Gasteiger partial charge is 0.330 e. The second-order valence-corrected chi connectivity index (χ2v) is 3.68. The van der Waals surface area contributed by atoms with Crippen LogP contribution in [0.2, 0.25) is 0 Å². The maximum absolute atomic E-state index is 5.48. The molecule has 0 aliphatic rings. The molecule has 2 aromatic rings. The summed E-state index contributed by atoms with van der Waals surface area (Å²) in [5.74, 6) is 1.01. The van der Waals surface area contributed by atoms with E-state index < -0.39 is 0 Å². The van der Waals surface area contributed by atoms with Gasteiger partial charge in [0.1, 0.15) is 5.82 Å². The second kappa shape index (κ2) is 3.47. The monoisotopic (exact) mass is 239 g/mol. The normalized spacial score (nSPS) is 10.9. The van der Waals surface area contributed by atoms with E-state index in [0.717, 1.165) is 22.2 Å². The number of nitrogens with two attached hydrogens (primary N) is 1. The van der Waals surface area contributed by atoms with Gasteiger partial charge in [-0.15, -0.1) is 0 Å². The highest BCUT2D eigenvalue weighted by molar-refractivity contribution is 9.10. The minimum atomic E-state index is 0.631. The van der Waals surface area contributed by atoms with Crippen molar-refractivity contribution in [1.29, 1.82) is 0 Å². The van der Waals surface area contributed by atoms with Crippen LogP contribution in [0.15, 0.2) is 29.0 Å². The molecule has 0 aliphatic carbocycles. The van der Waals surface area contributed by atoms with Crippen LogP contribution in [0.5, 0.6) is 0 Å². The first-order valence-corrected chi connectivity index (χ1v) is 4.93. The third-order valence-electron chi connectivity index (χ3n) is 1.96. The average molecular weight is 240 g/mol. The summed E-state index contributed by atoms with van der Waals surface area (Å²) in [7, 11) is 0. The molecule has 0 bridgehead atoms. The summed E-state index contributed by atoms with van der Waals surface area (Å²) in [5, 5.41) is 0. The van der Waals surface area contributed by atoms with Crippen molar-refractivity contribution in [2.75, 3.05) is 6.54 Å². The third-order valence-corrected chi connectivity index (χ3v) is 2.63. The van der Waals surface area contributed by atoms with Gasteiger partial charge in [-0.05, 0) is 34.6 Å². The highest BCUT2D eigenvalue weighted by Crippen LogP contribution is 2.18. The van der Waals surface area contributed by atoms with Crippen LogP contribution >= 0.6 is 15.9 Å². The van der Waals surface area contributed by atoms with E-state index in [4.69, 9.17) is 5.73 Å². The summed E-state index contributed by atoms with van der Waals surface area (Å²) >= 11 is 3.47. The van der Waals surface area contributed by atoms with Gasteiger partial charge in [0.05, 0.1) is 11.7 Å². The van der Waals surface area contributed by atoms with Crippen LogP contribution in [-0.4, -0.2) is 15.9 Å². The van der Waals surface area contributed by atoms with Gasteiger partial charge in [0.25, 0.3) is 0 Å². The fraction of sp³-hybridized carbons (Fsp3) is 0.222. The summed E-state index contributed by atoms with van der Waals surface area (Å²) in [4.78, 5) is 4.30. The lowest BCUT2D eigenvalue weighted by Crippen LogP contribution is -2.06. The van der Waals surface area contributed by atoms with Crippen molar-refractivity contribution >= 4 is 21.4 Å². The molecule has 13 heavy (non-hydrogen) atoms. The van der Waals surface area contributed by atoms with Crippen molar-refractivity contribution in [3.8, 4) is 0 Å². The van der Waals surface area contributed by atoms with E-state index in [1.165, 1.54) is 0 Å². The van der Waals surface area contributed by atoms with Gasteiger partial charge in [-0.25, -0.2) is 4.98 Å². The van der Waals surface area contributed by atoms with Gasteiger partial charge in [0, 0.05) is 17.1 Å². The zero-order valence-corrected chi connectivity index (χ0v) is 8.66. The SMILES string of the molecule is NCCc1ncc2c(Br)cccn12. The number of hydrogen-bond acceptors (Lipinski definition) is 2. The lowest BCUT2D eigenvalue weighted by Gasteiger charge is -1.99. The Kier molecular flexibility index (Phi) is 2.33. The van der Waals surface area contributed by atoms with Crippen LogP contribution in [0.4, 0.5) is 0 Å². The zero-order valence-electron chi connectivity index (χ0n) is 7.07. The standard InChI is InChI=1S/C9H10BrN3/c10-7-2-1-5-13-8(7)6-12-9(13)3-4-11/h1-2,5-6H,3-4,11H2. The fourth-order valence-electron chi connectivity index (χ4n) is 1.36. The van der Waals surface area contributed by atoms with Crippen molar-refractivity contribution in [1.82, 2.24) is 9.38 Å². The van der Waals surface area contributed by atoms with E-state index in [2.05, 4.69) is 25.3 Å². The Hall–Kier alpha value is -0.870. The topological polar surface area (TPSA) is 43.3 Å². The van der Waals surface area contributed by atoms with Crippen molar-refractivity contribution in [2.24, 2.45) is 5.73 Å². The lowest BCUT2D eigenvalue weighted by molar-refractivity contribution is 0.862. The number of rotatable bonds is 2. The molecule has 2 rings (SSSR count). The molecule has 0 atom stereocenters. The Morgan fingerprint density at radius 1 is 1.54 bits per heavy atom. The van der Waals surface area contributed by atoms with Gasteiger partial charge in [-0.3, -0.25) is 0 Å². The minimum Gasteiger partial charge on any atom is -0.330 e. The van der Waals surface area contributed by atoms with Crippen molar-refractivity contribution in [2.45, 2.75) is 6.42 Å². The fourth-order valence-corrected chi connectivity index (χ4v) is 1.80. The average Bonchev–Trinajstić information content (AvgIpc) is 2.51. The van der Waals surface area contributed by atoms with Gasteiger partial charge >= 0.3 is 0 Å². The Bertz CT molecular complexity index is 422. The molecule has 2 N–H and O–H groups in total. The molecule has 0 aromatic carbocycles. The summed E-state index contributed by atoms with van der Waals surface area (Å²) in [6.45, 7) is 0.631. The van der Waals surface area contributed by atoms with Gasteiger partial charge in [0.2, 0.25) is 0 Å². The zero-order chi connectivity index (χ0) is 9.26. The Morgan fingerprint density at radius 3 is 3.15 bits per heavy atom. The predicted molar refractivity (Wildman–Crippen MR) is 55.7 cm³/mol. The van der Waals surface area contributed by atoms with E-state index in [0.29, 0.717) is 6.54 Å².